The van der Waals surface area contributed by atoms with Crippen molar-refractivity contribution in [3.05, 3.63) is 12.2 Å². The summed E-state index contributed by atoms with van der Waals surface area (Å²) < 4.78 is 0. The van der Waals surface area contributed by atoms with E-state index in [1.807, 2.05) is 0 Å². The van der Waals surface area contributed by atoms with E-state index in [1.54, 1.807) is 0 Å². The lowest BCUT2D eigenvalue weighted by Crippen LogP contribution is -2.24. The molecule has 0 spiro atoms. The third-order valence-electron chi connectivity index (χ3n) is 4.44. The maximum atomic E-state index is 2.44. The van der Waals surface area contributed by atoms with E-state index in [9.17, 15) is 0 Å². The van der Waals surface area contributed by atoms with Crippen molar-refractivity contribution in [2.75, 3.05) is 0 Å². The lowest BCUT2D eigenvalue weighted by Gasteiger charge is -2.31. The smallest absolute Gasteiger partial charge is 0.0110 e. The van der Waals surface area contributed by atoms with Gasteiger partial charge in [0.25, 0.3) is 0 Å². The monoisotopic (exact) mass is 150 g/mol. The first-order valence-electron chi connectivity index (χ1n) is 4.68. The number of rotatable bonds is 0. The molecule has 0 heteroatoms. The van der Waals surface area contributed by atoms with Gasteiger partial charge in [0, 0.05) is 0 Å². The zero-order valence-corrected chi connectivity index (χ0v) is 8.02. The van der Waals surface area contributed by atoms with Crippen LogP contribution in [0.1, 0.15) is 34.1 Å². The maximum absolute atomic E-state index is 2.44. The van der Waals surface area contributed by atoms with E-state index in [0.717, 1.165) is 11.8 Å². The molecule has 1 saturated carbocycles. The van der Waals surface area contributed by atoms with Crippen molar-refractivity contribution in [3.8, 4) is 0 Å². The van der Waals surface area contributed by atoms with Crippen LogP contribution < -0.4 is 0 Å². The summed E-state index contributed by atoms with van der Waals surface area (Å²) in [6.45, 7) is 9.62. The van der Waals surface area contributed by atoms with Crippen LogP contribution in [0.25, 0.3) is 0 Å². The minimum atomic E-state index is 0.522. The van der Waals surface area contributed by atoms with Gasteiger partial charge in [0.2, 0.25) is 0 Å². The summed E-state index contributed by atoms with van der Waals surface area (Å²) in [5, 5.41) is 0. The average molecular weight is 150 g/mol. The molecular weight excluding hydrogens is 132 g/mol. The molecule has 1 fully saturated rings. The van der Waals surface area contributed by atoms with Gasteiger partial charge in [-0.25, -0.2) is 0 Å². The highest BCUT2D eigenvalue weighted by atomic mass is 14.6. The Morgan fingerprint density at radius 2 is 1.36 bits per heavy atom. The first-order chi connectivity index (χ1) is 4.98. The number of hydrogen-bond acceptors (Lipinski definition) is 0. The second-order valence-electron chi connectivity index (χ2n) is 5.10. The van der Waals surface area contributed by atoms with Crippen molar-refractivity contribution in [1.29, 1.82) is 0 Å². The van der Waals surface area contributed by atoms with Gasteiger partial charge in [-0.1, -0.05) is 39.8 Å². The fourth-order valence-electron chi connectivity index (χ4n) is 3.09. The van der Waals surface area contributed by atoms with E-state index in [-0.39, 0.29) is 0 Å². The summed E-state index contributed by atoms with van der Waals surface area (Å²) in [4.78, 5) is 0. The molecule has 0 aromatic carbocycles. The molecule has 0 N–H and O–H groups in total. The third kappa shape index (κ3) is 0.706. The second kappa shape index (κ2) is 1.73. The van der Waals surface area contributed by atoms with Crippen molar-refractivity contribution in [2.24, 2.45) is 22.7 Å². The van der Waals surface area contributed by atoms with Crippen LogP contribution in [0, 0.1) is 22.7 Å². The zero-order valence-electron chi connectivity index (χ0n) is 8.02. The van der Waals surface area contributed by atoms with E-state index in [1.165, 1.54) is 6.42 Å². The van der Waals surface area contributed by atoms with Gasteiger partial charge in [0.1, 0.15) is 0 Å². The Hall–Kier alpha value is -0.260. The topological polar surface area (TPSA) is 0 Å². The minimum absolute atomic E-state index is 0.522. The first kappa shape index (κ1) is 7.39. The van der Waals surface area contributed by atoms with E-state index in [4.69, 9.17) is 0 Å². The summed E-state index contributed by atoms with van der Waals surface area (Å²) in [5.74, 6) is 1.75. The predicted molar refractivity (Wildman–Crippen MR) is 48.3 cm³/mol. The fourth-order valence-corrected chi connectivity index (χ4v) is 3.09. The van der Waals surface area contributed by atoms with E-state index in [0.29, 0.717) is 10.8 Å². The summed E-state index contributed by atoms with van der Waals surface area (Å²) in [6, 6.07) is 0. The molecule has 2 bridgehead atoms. The van der Waals surface area contributed by atoms with Gasteiger partial charge in [-0.15, -0.1) is 0 Å². The van der Waals surface area contributed by atoms with Gasteiger partial charge in [-0.3, -0.25) is 0 Å². The highest BCUT2D eigenvalue weighted by Gasteiger charge is 2.54. The lowest BCUT2D eigenvalue weighted by molar-refractivity contribution is 0.250. The summed E-state index contributed by atoms with van der Waals surface area (Å²) in [6.07, 6.45) is 6.26. The highest BCUT2D eigenvalue weighted by Crippen LogP contribution is 2.62. The Bertz CT molecular complexity index is 194. The molecule has 11 heavy (non-hydrogen) atoms. The van der Waals surface area contributed by atoms with Gasteiger partial charge in [0.05, 0.1) is 0 Å². The molecule has 62 valence electrons. The summed E-state index contributed by atoms with van der Waals surface area (Å²) in [5.41, 5.74) is 1.04. The number of hydrogen-bond donors (Lipinski definition) is 0. The van der Waals surface area contributed by atoms with Gasteiger partial charge in [0.15, 0.2) is 0 Å². The number of fused-ring (bicyclic) bond motifs is 2. The van der Waals surface area contributed by atoms with Gasteiger partial charge in [-0.2, -0.15) is 0 Å². The van der Waals surface area contributed by atoms with Crippen LogP contribution in [-0.4, -0.2) is 0 Å². The fraction of sp³-hybridized carbons (Fsp3) is 0.818. The quantitative estimate of drug-likeness (QED) is 0.465. The molecule has 2 rings (SSSR count). The van der Waals surface area contributed by atoms with Crippen molar-refractivity contribution in [1.82, 2.24) is 0 Å². The summed E-state index contributed by atoms with van der Waals surface area (Å²) >= 11 is 0. The molecule has 0 aromatic heterocycles. The molecule has 0 amide bonds. The molecule has 0 aliphatic heterocycles. The molecule has 0 radical (unpaired) electrons. The molecule has 0 saturated heterocycles. The molecular formula is C11H18. The number of allylic oxidation sites excluding steroid dienone is 2. The van der Waals surface area contributed by atoms with E-state index in [2.05, 4.69) is 39.8 Å². The Balaban J connectivity index is 2.43. The lowest BCUT2D eigenvalue weighted by atomic mass is 9.74. The largest absolute Gasteiger partial charge is 0.0817 e. The van der Waals surface area contributed by atoms with Crippen molar-refractivity contribution in [3.63, 3.8) is 0 Å². The molecule has 0 aromatic rings. The molecule has 2 aliphatic rings. The van der Waals surface area contributed by atoms with Crippen molar-refractivity contribution < 1.29 is 0 Å². The maximum Gasteiger partial charge on any atom is -0.0110 e. The molecule has 4 unspecified atom stereocenters. The first-order valence-corrected chi connectivity index (χ1v) is 4.68. The Labute approximate surface area is 69.7 Å². The minimum Gasteiger partial charge on any atom is -0.0817 e. The van der Waals surface area contributed by atoms with Crippen LogP contribution in [0.4, 0.5) is 0 Å². The van der Waals surface area contributed by atoms with Crippen LogP contribution in [0.5, 0.6) is 0 Å². The molecule has 4 atom stereocenters. The second-order valence-corrected chi connectivity index (χ2v) is 5.10. The van der Waals surface area contributed by atoms with Crippen LogP contribution in [0.2, 0.25) is 0 Å². The van der Waals surface area contributed by atoms with Gasteiger partial charge < -0.3 is 0 Å². The van der Waals surface area contributed by atoms with Crippen LogP contribution in [-0.2, 0) is 0 Å². The highest BCUT2D eigenvalue weighted by molar-refractivity contribution is 5.23. The van der Waals surface area contributed by atoms with Crippen LogP contribution >= 0.6 is 0 Å². The summed E-state index contributed by atoms with van der Waals surface area (Å²) in [7, 11) is 0. The normalized spacial score (nSPS) is 60.7. The molecule has 0 heterocycles. The van der Waals surface area contributed by atoms with E-state index < -0.39 is 0 Å². The van der Waals surface area contributed by atoms with Crippen LogP contribution in [0.3, 0.4) is 0 Å². The SMILES string of the molecule is CC1C(C)C2(C)C=CC1(C)C2. The zero-order chi connectivity index (χ0) is 8.28. The Kier molecular flexibility index (Phi) is 1.16. The van der Waals surface area contributed by atoms with Crippen LogP contribution in [0.15, 0.2) is 12.2 Å². The standard InChI is InChI=1S/C11H18/c1-8-9(2)11(4)6-5-10(8,3)7-11/h5-6,8-9H,7H2,1-4H3. The molecule has 0 nitrogen and oxygen atoms in total. The third-order valence-corrected chi connectivity index (χ3v) is 4.44. The Morgan fingerprint density at radius 1 is 1.00 bits per heavy atom. The van der Waals surface area contributed by atoms with E-state index >= 15 is 0 Å². The molecule has 2 aliphatic carbocycles. The van der Waals surface area contributed by atoms with Gasteiger partial charge in [-0.05, 0) is 29.1 Å². The van der Waals surface area contributed by atoms with Crippen molar-refractivity contribution >= 4 is 0 Å². The van der Waals surface area contributed by atoms with Gasteiger partial charge >= 0.3 is 0 Å². The Morgan fingerprint density at radius 3 is 1.55 bits per heavy atom. The van der Waals surface area contributed by atoms with Crippen molar-refractivity contribution in [2.45, 2.75) is 34.1 Å². The average Bonchev–Trinajstić information content (AvgIpc) is 2.32. The predicted octanol–water partition coefficient (Wildman–Crippen LogP) is 3.24.